The number of benzene rings is 2. The molecule has 0 aromatic heterocycles. The lowest BCUT2D eigenvalue weighted by atomic mass is 10.1. The number of carbonyl (C=O) groups is 2. The van der Waals surface area contributed by atoms with Crippen LogP contribution in [0.25, 0.3) is 0 Å². The molecular weight excluding hydrogens is 328 g/mol. The largest absolute Gasteiger partial charge is 0.397 e. The maximum Gasteiger partial charge on any atom is 0.254 e. The molecule has 0 saturated carbocycles. The van der Waals surface area contributed by atoms with E-state index in [0.29, 0.717) is 23.4 Å². The van der Waals surface area contributed by atoms with Gasteiger partial charge in [0.15, 0.2) is 6.29 Å². The summed E-state index contributed by atoms with van der Waals surface area (Å²) in [5.41, 5.74) is 9.43. The molecule has 0 fully saturated rings. The van der Waals surface area contributed by atoms with Crippen LogP contribution in [0.2, 0.25) is 0 Å². The molecule has 6 heteroatoms. The number of amides is 1. The predicted octanol–water partition coefficient (Wildman–Crippen LogP) is 2.72. The van der Waals surface area contributed by atoms with Crippen molar-refractivity contribution in [2.24, 2.45) is 0 Å². The molecule has 0 heterocycles. The van der Waals surface area contributed by atoms with Crippen LogP contribution in [0.15, 0.2) is 42.5 Å². The highest BCUT2D eigenvalue weighted by atomic mass is 16.2. The topological polar surface area (TPSA) is 78.7 Å². The van der Waals surface area contributed by atoms with Crippen molar-refractivity contribution in [1.29, 1.82) is 0 Å². The Kier molecular flexibility index (Phi) is 6.60. The number of aldehydes is 1. The lowest BCUT2D eigenvalue weighted by molar-refractivity contribution is 0.0791. The lowest BCUT2D eigenvalue weighted by Gasteiger charge is -2.23. The van der Waals surface area contributed by atoms with Gasteiger partial charge >= 0.3 is 0 Å². The first kappa shape index (κ1) is 19.3. The van der Waals surface area contributed by atoms with E-state index in [4.69, 9.17) is 5.73 Å². The van der Waals surface area contributed by atoms with E-state index in [0.717, 1.165) is 30.6 Å². The summed E-state index contributed by atoms with van der Waals surface area (Å²) in [7, 11) is 5.61. The smallest absolute Gasteiger partial charge is 0.254 e. The molecular formula is C20H26N4O2. The van der Waals surface area contributed by atoms with E-state index in [1.807, 2.05) is 32.3 Å². The summed E-state index contributed by atoms with van der Waals surface area (Å²) >= 11 is 0. The van der Waals surface area contributed by atoms with Crippen molar-refractivity contribution in [3.8, 4) is 0 Å². The van der Waals surface area contributed by atoms with Crippen molar-refractivity contribution in [3.05, 3.63) is 53.6 Å². The van der Waals surface area contributed by atoms with Gasteiger partial charge in [0.25, 0.3) is 5.91 Å². The number of nitrogens with one attached hydrogen (secondary N) is 1. The zero-order chi connectivity index (χ0) is 19.1. The zero-order valence-corrected chi connectivity index (χ0v) is 15.5. The molecule has 0 unspecified atom stereocenters. The molecule has 0 aliphatic carbocycles. The van der Waals surface area contributed by atoms with Crippen LogP contribution in [0.3, 0.4) is 0 Å². The third-order valence-corrected chi connectivity index (χ3v) is 4.40. The number of hydrogen-bond acceptors (Lipinski definition) is 5. The first-order valence-electron chi connectivity index (χ1n) is 8.56. The molecule has 0 atom stereocenters. The molecule has 2 aromatic rings. The molecule has 3 N–H and O–H groups in total. The Morgan fingerprint density at radius 3 is 2.58 bits per heavy atom. The fraction of sp³-hybridized carbons (Fsp3) is 0.300. The van der Waals surface area contributed by atoms with Crippen LogP contribution in [0.1, 0.15) is 27.1 Å². The van der Waals surface area contributed by atoms with E-state index >= 15 is 0 Å². The molecule has 0 bridgehead atoms. The fourth-order valence-electron chi connectivity index (χ4n) is 2.77. The summed E-state index contributed by atoms with van der Waals surface area (Å²) in [5.74, 6) is -0.139. The van der Waals surface area contributed by atoms with Gasteiger partial charge in [0.2, 0.25) is 0 Å². The second-order valence-electron chi connectivity index (χ2n) is 6.23. The average molecular weight is 354 g/mol. The molecule has 2 rings (SSSR count). The summed E-state index contributed by atoms with van der Waals surface area (Å²) in [6.07, 6.45) is 1.52. The van der Waals surface area contributed by atoms with E-state index < -0.39 is 0 Å². The summed E-state index contributed by atoms with van der Waals surface area (Å²) in [6.45, 7) is 1.39. The average Bonchev–Trinajstić information content (AvgIpc) is 2.67. The number of nitrogens with zero attached hydrogens (tertiary/aromatic N) is 2. The number of nitrogen functional groups attached to an aromatic ring is 1. The van der Waals surface area contributed by atoms with Crippen LogP contribution in [-0.2, 0) is 0 Å². The van der Waals surface area contributed by atoms with Crippen LogP contribution < -0.4 is 16.0 Å². The monoisotopic (exact) mass is 354 g/mol. The fourth-order valence-corrected chi connectivity index (χ4v) is 2.77. The van der Waals surface area contributed by atoms with Gasteiger partial charge in [-0.05, 0) is 30.7 Å². The summed E-state index contributed by atoms with van der Waals surface area (Å²) in [4.78, 5) is 27.4. The third kappa shape index (κ3) is 4.53. The molecule has 0 radical (unpaired) electrons. The Hall–Kier alpha value is -3.02. The van der Waals surface area contributed by atoms with Gasteiger partial charge in [-0.2, -0.15) is 0 Å². The molecule has 0 saturated heterocycles. The molecule has 0 aliphatic rings. The summed E-state index contributed by atoms with van der Waals surface area (Å²) < 4.78 is 0. The predicted molar refractivity (Wildman–Crippen MR) is 107 cm³/mol. The van der Waals surface area contributed by atoms with E-state index in [-0.39, 0.29) is 5.91 Å². The van der Waals surface area contributed by atoms with E-state index in [9.17, 15) is 9.59 Å². The van der Waals surface area contributed by atoms with Gasteiger partial charge in [0.1, 0.15) is 0 Å². The summed E-state index contributed by atoms with van der Waals surface area (Å²) in [6, 6.07) is 12.7. The Balaban J connectivity index is 1.92. The minimum atomic E-state index is -0.139. The first-order valence-corrected chi connectivity index (χ1v) is 8.56. The van der Waals surface area contributed by atoms with Crippen molar-refractivity contribution in [3.63, 3.8) is 0 Å². The zero-order valence-electron chi connectivity index (χ0n) is 15.5. The van der Waals surface area contributed by atoms with Crippen LogP contribution in [0.5, 0.6) is 0 Å². The van der Waals surface area contributed by atoms with Gasteiger partial charge in [-0.1, -0.05) is 18.2 Å². The molecule has 0 aliphatic heterocycles. The van der Waals surface area contributed by atoms with Gasteiger partial charge in [0.05, 0.1) is 16.9 Å². The van der Waals surface area contributed by atoms with E-state index in [1.54, 1.807) is 36.2 Å². The number of rotatable bonds is 8. The molecule has 138 valence electrons. The van der Waals surface area contributed by atoms with Crippen molar-refractivity contribution >= 4 is 29.3 Å². The van der Waals surface area contributed by atoms with E-state index in [1.165, 1.54) is 0 Å². The maximum atomic E-state index is 12.5. The quantitative estimate of drug-likeness (QED) is 0.563. The van der Waals surface area contributed by atoms with Crippen molar-refractivity contribution in [1.82, 2.24) is 4.90 Å². The highest BCUT2D eigenvalue weighted by molar-refractivity contribution is 6.01. The maximum absolute atomic E-state index is 12.5. The minimum Gasteiger partial charge on any atom is -0.397 e. The Morgan fingerprint density at radius 1 is 1.15 bits per heavy atom. The van der Waals surface area contributed by atoms with Crippen molar-refractivity contribution < 1.29 is 9.59 Å². The number of anilines is 3. The number of carbonyl (C=O) groups excluding carboxylic acids is 2. The van der Waals surface area contributed by atoms with Gasteiger partial charge in [-0.25, -0.2) is 0 Å². The minimum absolute atomic E-state index is 0.139. The Morgan fingerprint density at radius 2 is 1.88 bits per heavy atom. The van der Waals surface area contributed by atoms with Crippen LogP contribution >= 0.6 is 0 Å². The summed E-state index contributed by atoms with van der Waals surface area (Å²) in [5, 5.41) is 3.08. The second-order valence-corrected chi connectivity index (χ2v) is 6.23. The second kappa shape index (κ2) is 8.89. The Labute approximate surface area is 154 Å². The third-order valence-electron chi connectivity index (χ3n) is 4.40. The van der Waals surface area contributed by atoms with E-state index in [2.05, 4.69) is 10.2 Å². The van der Waals surface area contributed by atoms with Gasteiger partial charge in [-0.3, -0.25) is 9.59 Å². The molecule has 0 spiro atoms. The number of nitrogens with two attached hydrogens (primary N) is 1. The Bertz CT molecular complexity index is 776. The van der Waals surface area contributed by atoms with Crippen LogP contribution in [0.4, 0.5) is 17.1 Å². The highest BCUT2D eigenvalue weighted by Gasteiger charge is 2.15. The molecule has 2 aromatic carbocycles. The van der Waals surface area contributed by atoms with Crippen LogP contribution in [-0.4, -0.2) is 51.3 Å². The van der Waals surface area contributed by atoms with Crippen LogP contribution in [0, 0.1) is 0 Å². The van der Waals surface area contributed by atoms with Crippen molar-refractivity contribution in [2.75, 3.05) is 50.2 Å². The highest BCUT2D eigenvalue weighted by Crippen LogP contribution is 2.24. The normalized spacial score (nSPS) is 10.3. The standard InChI is InChI=1S/C20H26N4O2/c1-22-19-13-16(9-10-18(19)21)23(2)11-6-12-24(3)20(26)17-8-5-4-7-15(17)14-25/h4-5,7-10,13-14,22H,6,11-12,21H2,1-3H3. The lowest BCUT2D eigenvalue weighted by Crippen LogP contribution is -2.31. The molecule has 6 nitrogen and oxygen atoms in total. The van der Waals surface area contributed by atoms with Gasteiger partial charge in [-0.15, -0.1) is 0 Å². The van der Waals surface area contributed by atoms with Crippen molar-refractivity contribution in [2.45, 2.75) is 6.42 Å². The molecule has 26 heavy (non-hydrogen) atoms. The molecule has 1 amide bonds. The first-order chi connectivity index (χ1) is 12.5. The number of hydrogen-bond donors (Lipinski definition) is 2. The van der Waals surface area contributed by atoms with Gasteiger partial charge < -0.3 is 20.9 Å². The van der Waals surface area contributed by atoms with Gasteiger partial charge in [0, 0.05) is 45.5 Å². The SMILES string of the molecule is CNc1cc(N(C)CCCN(C)C(=O)c2ccccc2C=O)ccc1N.